The van der Waals surface area contributed by atoms with Crippen LogP contribution in [-0.4, -0.2) is 12.2 Å². The van der Waals surface area contributed by atoms with Gasteiger partial charge in [0.15, 0.2) is 4.67 Å². The molecule has 19 heavy (non-hydrogen) atoms. The zero-order valence-corrected chi connectivity index (χ0v) is 12.2. The number of alkyl halides is 3. The molecule has 0 spiro atoms. The van der Waals surface area contributed by atoms with Gasteiger partial charge in [-0.2, -0.15) is 13.2 Å². The van der Waals surface area contributed by atoms with E-state index in [0.29, 0.717) is 11.1 Å². The highest BCUT2D eigenvalue weighted by molar-refractivity contribution is 9.10. The Bertz CT molecular complexity index is 418. The van der Waals surface area contributed by atoms with Gasteiger partial charge in [0.1, 0.15) is 5.76 Å². The highest BCUT2D eigenvalue weighted by atomic mass is 79.9. The van der Waals surface area contributed by atoms with Gasteiger partial charge in [-0.25, -0.2) is 0 Å². The monoisotopic (exact) mass is 339 g/mol. The van der Waals surface area contributed by atoms with E-state index in [1.807, 2.05) is 13.0 Å². The van der Waals surface area contributed by atoms with Crippen LogP contribution in [0.3, 0.4) is 0 Å². The second kappa shape index (κ2) is 5.87. The maximum absolute atomic E-state index is 12.7. The highest BCUT2D eigenvalue weighted by Gasteiger charge is 2.42. The molecule has 2 rings (SSSR count). The molecule has 0 radical (unpaired) electrons. The first-order valence-corrected chi connectivity index (χ1v) is 7.23. The molecule has 0 aliphatic heterocycles. The van der Waals surface area contributed by atoms with Crippen LogP contribution in [0.2, 0.25) is 0 Å². The van der Waals surface area contributed by atoms with E-state index in [2.05, 4.69) is 21.2 Å². The molecule has 3 unspecified atom stereocenters. The first kappa shape index (κ1) is 14.9. The molecule has 108 valence electrons. The zero-order chi connectivity index (χ0) is 14.0. The summed E-state index contributed by atoms with van der Waals surface area (Å²) in [6, 6.07) is 3.43. The molecule has 0 saturated heterocycles. The van der Waals surface area contributed by atoms with E-state index >= 15 is 0 Å². The third-order valence-electron chi connectivity index (χ3n) is 3.64. The fourth-order valence-electron chi connectivity index (χ4n) is 2.64. The Morgan fingerprint density at radius 2 is 2.11 bits per heavy atom. The van der Waals surface area contributed by atoms with Crippen molar-refractivity contribution in [1.29, 1.82) is 0 Å². The summed E-state index contributed by atoms with van der Waals surface area (Å²) in [5, 5.41) is 3.24. The smallest absolute Gasteiger partial charge is 0.391 e. The van der Waals surface area contributed by atoms with Crippen molar-refractivity contribution in [3.05, 3.63) is 22.6 Å². The lowest BCUT2D eigenvalue weighted by Gasteiger charge is -2.32. The molecular formula is C13H17BrF3NO. The summed E-state index contributed by atoms with van der Waals surface area (Å²) >= 11 is 3.22. The molecule has 1 fully saturated rings. The van der Waals surface area contributed by atoms with Crippen LogP contribution in [0.15, 0.2) is 21.2 Å². The number of halogens is 4. The second-order valence-electron chi connectivity index (χ2n) is 5.13. The Hall–Kier alpha value is -0.490. The zero-order valence-electron chi connectivity index (χ0n) is 10.6. The van der Waals surface area contributed by atoms with Crippen LogP contribution in [0.25, 0.3) is 0 Å². The van der Waals surface area contributed by atoms with Crippen molar-refractivity contribution >= 4 is 15.9 Å². The molecule has 1 saturated carbocycles. The van der Waals surface area contributed by atoms with Crippen molar-refractivity contribution in [3.8, 4) is 0 Å². The van der Waals surface area contributed by atoms with E-state index in [1.165, 1.54) is 0 Å². The highest BCUT2D eigenvalue weighted by Crippen LogP contribution is 2.38. The van der Waals surface area contributed by atoms with Crippen LogP contribution in [0.5, 0.6) is 0 Å². The predicted molar refractivity (Wildman–Crippen MR) is 69.8 cm³/mol. The third kappa shape index (κ3) is 3.99. The van der Waals surface area contributed by atoms with Gasteiger partial charge in [0.2, 0.25) is 0 Å². The lowest BCUT2D eigenvalue weighted by molar-refractivity contribution is -0.183. The maximum atomic E-state index is 12.7. The van der Waals surface area contributed by atoms with Crippen LogP contribution in [0, 0.1) is 5.92 Å². The number of hydrogen-bond acceptors (Lipinski definition) is 2. The minimum atomic E-state index is -4.07. The topological polar surface area (TPSA) is 25.2 Å². The van der Waals surface area contributed by atoms with Crippen molar-refractivity contribution in [2.75, 3.05) is 0 Å². The fourth-order valence-corrected chi connectivity index (χ4v) is 2.95. The molecule has 1 aromatic rings. The summed E-state index contributed by atoms with van der Waals surface area (Å²) in [5.41, 5.74) is 0. The largest absolute Gasteiger partial charge is 0.453 e. The molecule has 1 aliphatic rings. The Morgan fingerprint density at radius 3 is 2.68 bits per heavy atom. The van der Waals surface area contributed by atoms with E-state index in [-0.39, 0.29) is 24.9 Å². The summed E-state index contributed by atoms with van der Waals surface area (Å²) in [6.45, 7) is 1.91. The van der Waals surface area contributed by atoms with Crippen molar-refractivity contribution in [1.82, 2.24) is 5.32 Å². The number of nitrogens with one attached hydrogen (secondary N) is 1. The van der Waals surface area contributed by atoms with Gasteiger partial charge in [-0.1, -0.05) is 6.42 Å². The SMILES string of the molecule is CC(NC1CCCC(C(F)(F)F)C1)c1ccc(Br)o1. The molecule has 1 aliphatic carbocycles. The average molecular weight is 340 g/mol. The van der Waals surface area contributed by atoms with E-state index in [1.54, 1.807) is 6.07 Å². The number of hydrogen-bond donors (Lipinski definition) is 1. The summed E-state index contributed by atoms with van der Waals surface area (Å²) in [7, 11) is 0. The first-order valence-electron chi connectivity index (χ1n) is 6.44. The fraction of sp³-hybridized carbons (Fsp3) is 0.692. The minimum absolute atomic E-state index is 0.0803. The van der Waals surface area contributed by atoms with Gasteiger partial charge in [-0.05, 0) is 54.2 Å². The number of rotatable bonds is 3. The van der Waals surface area contributed by atoms with E-state index in [0.717, 1.165) is 12.2 Å². The summed E-state index contributed by atoms with van der Waals surface area (Å²) in [5.74, 6) is -0.435. The van der Waals surface area contributed by atoms with E-state index in [9.17, 15) is 13.2 Å². The Morgan fingerprint density at radius 1 is 1.37 bits per heavy atom. The second-order valence-corrected chi connectivity index (χ2v) is 5.91. The molecule has 1 aromatic heterocycles. The Balaban J connectivity index is 1.92. The van der Waals surface area contributed by atoms with Gasteiger partial charge in [-0.3, -0.25) is 0 Å². The van der Waals surface area contributed by atoms with Gasteiger partial charge in [-0.15, -0.1) is 0 Å². The molecule has 0 amide bonds. The average Bonchev–Trinajstić information content (AvgIpc) is 2.75. The molecule has 1 heterocycles. The molecule has 0 bridgehead atoms. The maximum Gasteiger partial charge on any atom is 0.391 e. The summed E-state index contributed by atoms with van der Waals surface area (Å²) in [6.07, 6.45) is -2.25. The first-order chi connectivity index (χ1) is 8.86. The quantitative estimate of drug-likeness (QED) is 0.854. The normalized spacial score (nSPS) is 26.4. The number of furan rings is 1. The van der Waals surface area contributed by atoms with Crippen LogP contribution >= 0.6 is 15.9 Å². The molecule has 1 N–H and O–H groups in total. The molecule has 6 heteroatoms. The van der Waals surface area contributed by atoms with Crippen LogP contribution < -0.4 is 5.32 Å². The lowest BCUT2D eigenvalue weighted by Crippen LogP contribution is -2.39. The van der Waals surface area contributed by atoms with Gasteiger partial charge < -0.3 is 9.73 Å². The van der Waals surface area contributed by atoms with Gasteiger partial charge in [0.05, 0.1) is 12.0 Å². The Labute approximate surface area is 118 Å². The standard InChI is InChI=1S/C13H17BrF3NO/c1-8(11-5-6-12(14)19-11)18-10-4-2-3-9(7-10)13(15,16)17/h5-6,8-10,18H,2-4,7H2,1H3. The van der Waals surface area contributed by atoms with Gasteiger partial charge in [0.25, 0.3) is 0 Å². The van der Waals surface area contributed by atoms with Crippen LogP contribution in [0.4, 0.5) is 13.2 Å². The van der Waals surface area contributed by atoms with Crippen LogP contribution in [-0.2, 0) is 0 Å². The molecule has 3 atom stereocenters. The van der Waals surface area contributed by atoms with Crippen molar-refractivity contribution < 1.29 is 17.6 Å². The minimum Gasteiger partial charge on any atom is -0.453 e. The van der Waals surface area contributed by atoms with E-state index < -0.39 is 12.1 Å². The molecule has 0 aromatic carbocycles. The van der Waals surface area contributed by atoms with E-state index in [4.69, 9.17) is 4.42 Å². The van der Waals surface area contributed by atoms with Crippen LogP contribution in [0.1, 0.15) is 44.4 Å². The summed E-state index contributed by atoms with van der Waals surface area (Å²) < 4.78 is 44.2. The molecular weight excluding hydrogens is 323 g/mol. The van der Waals surface area contributed by atoms with Crippen molar-refractivity contribution in [2.24, 2.45) is 5.92 Å². The Kier molecular flexibility index (Phi) is 4.61. The lowest BCUT2D eigenvalue weighted by atomic mass is 9.85. The van der Waals surface area contributed by atoms with Gasteiger partial charge in [0, 0.05) is 6.04 Å². The third-order valence-corrected chi connectivity index (χ3v) is 4.07. The van der Waals surface area contributed by atoms with Gasteiger partial charge >= 0.3 is 6.18 Å². The van der Waals surface area contributed by atoms with Crippen molar-refractivity contribution in [2.45, 2.75) is 50.9 Å². The summed E-state index contributed by atoms with van der Waals surface area (Å²) in [4.78, 5) is 0. The van der Waals surface area contributed by atoms with Crippen molar-refractivity contribution in [3.63, 3.8) is 0 Å². The predicted octanol–water partition coefficient (Wildman–Crippen LogP) is 4.81. The molecule has 2 nitrogen and oxygen atoms in total.